The number of aryl methyl sites for hydroxylation is 1. The van der Waals surface area contributed by atoms with Crippen LogP contribution in [0.15, 0.2) is 83.3 Å². The highest BCUT2D eigenvalue weighted by atomic mass is 16.5. The Morgan fingerprint density at radius 2 is 1.71 bits per heavy atom. The first-order valence-electron chi connectivity index (χ1n) is 11.9. The number of amides is 1. The molecule has 1 fully saturated rings. The highest BCUT2D eigenvalue weighted by molar-refractivity contribution is 6.13. The van der Waals surface area contributed by atoms with E-state index in [9.17, 15) is 9.59 Å². The van der Waals surface area contributed by atoms with Crippen molar-refractivity contribution < 1.29 is 18.7 Å². The Morgan fingerprint density at radius 3 is 2.46 bits per heavy atom. The zero-order chi connectivity index (χ0) is 24.2. The summed E-state index contributed by atoms with van der Waals surface area (Å²) in [7, 11) is 0. The van der Waals surface area contributed by atoms with Crippen molar-refractivity contribution in [2.45, 2.75) is 26.4 Å². The van der Waals surface area contributed by atoms with Gasteiger partial charge in [-0.15, -0.1) is 0 Å². The van der Waals surface area contributed by atoms with E-state index in [1.165, 1.54) is 0 Å². The van der Waals surface area contributed by atoms with Crippen LogP contribution in [0.4, 0.5) is 0 Å². The van der Waals surface area contributed by atoms with E-state index in [4.69, 9.17) is 9.15 Å². The molecule has 2 heterocycles. The van der Waals surface area contributed by atoms with E-state index in [2.05, 4.69) is 0 Å². The largest absolute Gasteiger partial charge is 0.489 e. The Kier molecular flexibility index (Phi) is 6.49. The van der Waals surface area contributed by atoms with Gasteiger partial charge in [-0.1, -0.05) is 60.2 Å². The number of nitrogens with zero attached hydrogens (tertiary/aromatic N) is 1. The van der Waals surface area contributed by atoms with Crippen molar-refractivity contribution in [1.82, 2.24) is 4.90 Å². The summed E-state index contributed by atoms with van der Waals surface area (Å²) in [6, 6.07) is 22.8. The second kappa shape index (κ2) is 10.0. The van der Waals surface area contributed by atoms with Crippen LogP contribution in [0.2, 0.25) is 0 Å². The zero-order valence-electron chi connectivity index (χ0n) is 19.7. The van der Waals surface area contributed by atoms with Gasteiger partial charge in [0.25, 0.3) is 0 Å². The standard InChI is InChI=1S/C30H27NO4/c1-21-9-11-23(12-10-21)29(33)30-26(15-16-28(32)31-17-5-6-18-31)25-14-13-24(19-27(25)35-30)34-20-22-7-3-2-4-8-22/h2-4,7-16,19H,5-6,17-18,20H2,1H3. The van der Waals surface area contributed by atoms with Crippen LogP contribution in [-0.4, -0.2) is 29.7 Å². The molecule has 5 heteroatoms. The number of benzene rings is 3. The van der Waals surface area contributed by atoms with E-state index in [0.29, 0.717) is 29.1 Å². The summed E-state index contributed by atoms with van der Waals surface area (Å²) in [5.41, 5.74) is 3.82. The van der Waals surface area contributed by atoms with E-state index in [1.54, 1.807) is 30.4 Å². The molecular formula is C30H27NO4. The summed E-state index contributed by atoms with van der Waals surface area (Å²) in [5, 5.41) is 0.762. The van der Waals surface area contributed by atoms with Gasteiger partial charge in [0, 0.05) is 41.7 Å². The molecule has 176 valence electrons. The van der Waals surface area contributed by atoms with Crippen LogP contribution in [0.25, 0.3) is 17.0 Å². The molecule has 35 heavy (non-hydrogen) atoms. The highest BCUT2D eigenvalue weighted by Gasteiger charge is 2.22. The number of fused-ring (bicyclic) bond motifs is 1. The first kappa shape index (κ1) is 22.7. The van der Waals surface area contributed by atoms with Crippen molar-refractivity contribution in [3.63, 3.8) is 0 Å². The minimum absolute atomic E-state index is 0.0478. The molecular weight excluding hydrogens is 438 g/mol. The van der Waals surface area contributed by atoms with Crippen molar-refractivity contribution >= 4 is 28.7 Å². The average molecular weight is 466 g/mol. The molecule has 1 aliphatic rings. The van der Waals surface area contributed by atoms with Crippen LogP contribution < -0.4 is 4.74 Å². The molecule has 1 saturated heterocycles. The molecule has 0 spiro atoms. The van der Waals surface area contributed by atoms with Crippen LogP contribution in [0, 0.1) is 6.92 Å². The van der Waals surface area contributed by atoms with E-state index in [0.717, 1.165) is 42.4 Å². The predicted octanol–water partition coefficient (Wildman–Crippen LogP) is 6.19. The molecule has 5 nitrogen and oxygen atoms in total. The Bertz CT molecular complexity index is 1380. The van der Waals surface area contributed by atoms with Crippen molar-refractivity contribution in [2.75, 3.05) is 13.1 Å². The molecule has 0 atom stereocenters. The smallest absolute Gasteiger partial charge is 0.246 e. The fourth-order valence-electron chi connectivity index (χ4n) is 4.30. The quantitative estimate of drug-likeness (QED) is 0.241. The van der Waals surface area contributed by atoms with Gasteiger partial charge in [-0.05, 0) is 43.5 Å². The number of furan rings is 1. The third-order valence-electron chi connectivity index (χ3n) is 6.28. The van der Waals surface area contributed by atoms with Crippen LogP contribution in [0.5, 0.6) is 5.75 Å². The number of ether oxygens (including phenoxy) is 1. The first-order valence-corrected chi connectivity index (χ1v) is 11.9. The van der Waals surface area contributed by atoms with Gasteiger partial charge in [0.15, 0.2) is 5.76 Å². The highest BCUT2D eigenvalue weighted by Crippen LogP contribution is 2.32. The Morgan fingerprint density at radius 1 is 0.971 bits per heavy atom. The zero-order valence-corrected chi connectivity index (χ0v) is 19.7. The van der Waals surface area contributed by atoms with E-state index >= 15 is 0 Å². The Labute approximate surface area is 204 Å². The Balaban J connectivity index is 1.49. The number of hydrogen-bond acceptors (Lipinski definition) is 4. The van der Waals surface area contributed by atoms with Crippen LogP contribution in [0.3, 0.4) is 0 Å². The fraction of sp³-hybridized carbons (Fsp3) is 0.200. The summed E-state index contributed by atoms with van der Waals surface area (Å²) in [5.74, 6) is 0.595. The predicted molar refractivity (Wildman–Crippen MR) is 136 cm³/mol. The van der Waals surface area contributed by atoms with Gasteiger partial charge in [0.1, 0.15) is 17.9 Å². The number of carbonyl (C=O) groups is 2. The van der Waals surface area contributed by atoms with Gasteiger partial charge in [-0.3, -0.25) is 9.59 Å². The first-order chi connectivity index (χ1) is 17.1. The molecule has 0 unspecified atom stereocenters. The average Bonchev–Trinajstić information content (AvgIpc) is 3.55. The molecule has 0 bridgehead atoms. The summed E-state index contributed by atoms with van der Waals surface area (Å²) in [4.78, 5) is 27.9. The second-order valence-corrected chi connectivity index (χ2v) is 8.84. The topological polar surface area (TPSA) is 59.8 Å². The third kappa shape index (κ3) is 5.04. The molecule has 0 saturated carbocycles. The maximum atomic E-state index is 13.4. The van der Waals surface area contributed by atoms with Crippen molar-refractivity contribution in [3.8, 4) is 5.75 Å². The number of hydrogen-bond donors (Lipinski definition) is 0. The maximum absolute atomic E-state index is 13.4. The SMILES string of the molecule is Cc1ccc(C(=O)c2oc3cc(OCc4ccccc4)ccc3c2C=CC(=O)N2CCCC2)cc1. The molecule has 0 radical (unpaired) electrons. The van der Waals surface area contributed by atoms with Gasteiger partial charge in [0.2, 0.25) is 11.7 Å². The van der Waals surface area contributed by atoms with Gasteiger partial charge in [-0.2, -0.15) is 0 Å². The lowest BCUT2D eigenvalue weighted by molar-refractivity contribution is -0.124. The van der Waals surface area contributed by atoms with E-state index in [-0.39, 0.29) is 17.5 Å². The van der Waals surface area contributed by atoms with Gasteiger partial charge in [-0.25, -0.2) is 0 Å². The minimum Gasteiger partial charge on any atom is -0.489 e. The summed E-state index contributed by atoms with van der Waals surface area (Å²) in [6.45, 7) is 3.95. The monoisotopic (exact) mass is 465 g/mol. The molecule has 1 amide bonds. The second-order valence-electron chi connectivity index (χ2n) is 8.84. The minimum atomic E-state index is -0.221. The van der Waals surface area contributed by atoms with Gasteiger partial charge < -0.3 is 14.1 Å². The van der Waals surface area contributed by atoms with E-state index in [1.807, 2.05) is 66.4 Å². The van der Waals surface area contributed by atoms with Crippen LogP contribution in [-0.2, 0) is 11.4 Å². The normalized spacial score (nSPS) is 13.6. The third-order valence-corrected chi connectivity index (χ3v) is 6.28. The fourth-order valence-corrected chi connectivity index (χ4v) is 4.30. The lowest BCUT2D eigenvalue weighted by Crippen LogP contribution is -2.25. The maximum Gasteiger partial charge on any atom is 0.246 e. The number of ketones is 1. The van der Waals surface area contributed by atoms with Gasteiger partial charge in [0.05, 0.1) is 0 Å². The number of carbonyl (C=O) groups excluding carboxylic acids is 2. The molecule has 3 aromatic carbocycles. The molecule has 5 rings (SSSR count). The molecule has 1 aliphatic heterocycles. The van der Waals surface area contributed by atoms with Crippen molar-refractivity contribution in [2.24, 2.45) is 0 Å². The number of likely N-dealkylation sites (tertiary alicyclic amines) is 1. The van der Waals surface area contributed by atoms with E-state index < -0.39 is 0 Å². The number of rotatable bonds is 7. The van der Waals surface area contributed by atoms with Gasteiger partial charge >= 0.3 is 0 Å². The van der Waals surface area contributed by atoms with Crippen molar-refractivity contribution in [1.29, 1.82) is 0 Å². The lowest BCUT2D eigenvalue weighted by Gasteiger charge is -2.11. The molecule has 0 N–H and O–H groups in total. The molecule has 0 aliphatic carbocycles. The summed E-state index contributed by atoms with van der Waals surface area (Å²) in [6.07, 6.45) is 5.30. The summed E-state index contributed by atoms with van der Waals surface area (Å²) < 4.78 is 12.0. The van der Waals surface area contributed by atoms with Crippen molar-refractivity contribution in [3.05, 3.63) is 107 Å². The molecule has 4 aromatic rings. The van der Waals surface area contributed by atoms with Crippen LogP contribution >= 0.6 is 0 Å². The molecule has 1 aromatic heterocycles. The lowest BCUT2D eigenvalue weighted by atomic mass is 10.0. The Hall–Kier alpha value is -4.12. The van der Waals surface area contributed by atoms with Crippen LogP contribution in [0.1, 0.15) is 45.7 Å². The summed E-state index contributed by atoms with van der Waals surface area (Å²) >= 11 is 0.